The van der Waals surface area contributed by atoms with E-state index >= 15 is 0 Å². The van der Waals surface area contributed by atoms with Crippen LogP contribution in [-0.4, -0.2) is 57.7 Å². The number of likely N-dealkylation sites (tertiary alicyclic amines) is 1. The van der Waals surface area contributed by atoms with Crippen LogP contribution in [-0.2, 0) is 11.8 Å². The van der Waals surface area contributed by atoms with Crippen molar-refractivity contribution in [1.29, 1.82) is 0 Å². The zero-order chi connectivity index (χ0) is 15.9. The van der Waals surface area contributed by atoms with E-state index in [1.54, 1.807) is 4.68 Å². The number of aromatic nitrogens is 2. The molecule has 0 aromatic carbocycles. The third-order valence-electron chi connectivity index (χ3n) is 4.44. The van der Waals surface area contributed by atoms with Crippen LogP contribution in [0.15, 0.2) is 0 Å². The van der Waals surface area contributed by atoms with Crippen molar-refractivity contribution in [2.75, 3.05) is 26.2 Å². The lowest BCUT2D eigenvalue weighted by molar-refractivity contribution is -0.125. The summed E-state index contributed by atoms with van der Waals surface area (Å²) in [6.45, 7) is 4.09. The van der Waals surface area contributed by atoms with E-state index < -0.39 is 0 Å². The fourth-order valence-electron chi connectivity index (χ4n) is 3.36. The Bertz CT molecular complexity index is 599. The van der Waals surface area contributed by atoms with E-state index in [1.165, 1.54) is 4.90 Å². The highest BCUT2D eigenvalue weighted by Gasteiger charge is 2.33. The van der Waals surface area contributed by atoms with Crippen molar-refractivity contribution in [2.45, 2.75) is 25.8 Å². The van der Waals surface area contributed by atoms with Gasteiger partial charge in [0.25, 0.3) is 0 Å². The molecule has 1 atom stereocenters. The van der Waals surface area contributed by atoms with Gasteiger partial charge in [-0.1, -0.05) is 11.6 Å². The van der Waals surface area contributed by atoms with Crippen LogP contribution in [0.25, 0.3) is 0 Å². The van der Waals surface area contributed by atoms with Gasteiger partial charge in [0.2, 0.25) is 5.91 Å². The summed E-state index contributed by atoms with van der Waals surface area (Å²) >= 11 is 6.38. The van der Waals surface area contributed by atoms with Gasteiger partial charge >= 0.3 is 6.03 Å². The number of hydrogen-bond donors (Lipinski definition) is 1. The second-order valence-electron chi connectivity index (χ2n) is 5.81. The smallest absolute Gasteiger partial charge is 0.324 e. The van der Waals surface area contributed by atoms with Gasteiger partial charge in [-0.15, -0.1) is 0 Å². The molecule has 3 amide bonds. The molecule has 22 heavy (non-hydrogen) atoms. The van der Waals surface area contributed by atoms with Crippen LogP contribution >= 0.6 is 11.6 Å². The first kappa shape index (κ1) is 15.3. The predicted octanol–water partition coefficient (Wildman–Crippen LogP) is 1.07. The van der Waals surface area contributed by atoms with Crippen molar-refractivity contribution in [3.8, 4) is 0 Å². The molecule has 2 fully saturated rings. The lowest BCUT2D eigenvalue weighted by atomic mass is 10.1. The van der Waals surface area contributed by atoms with Crippen LogP contribution in [0.4, 0.5) is 4.79 Å². The fraction of sp³-hybridized carbons (Fsp3) is 0.643. The zero-order valence-electron chi connectivity index (χ0n) is 12.8. The zero-order valence-corrected chi connectivity index (χ0v) is 13.6. The molecule has 120 valence electrons. The van der Waals surface area contributed by atoms with E-state index in [4.69, 9.17) is 11.6 Å². The molecule has 1 unspecified atom stereocenters. The van der Waals surface area contributed by atoms with Gasteiger partial charge in [-0.2, -0.15) is 5.10 Å². The van der Waals surface area contributed by atoms with Gasteiger partial charge in [0, 0.05) is 31.7 Å². The van der Waals surface area contributed by atoms with Gasteiger partial charge < -0.3 is 5.32 Å². The summed E-state index contributed by atoms with van der Waals surface area (Å²) in [6.07, 6.45) is 2.10. The number of aryl methyl sites for hydroxylation is 2. The predicted molar refractivity (Wildman–Crippen MR) is 81.6 cm³/mol. The molecular weight excluding hydrogens is 306 g/mol. The molecule has 1 aromatic rings. The van der Waals surface area contributed by atoms with E-state index in [1.807, 2.05) is 14.0 Å². The number of nitrogens with one attached hydrogen (secondary N) is 1. The Morgan fingerprint density at radius 3 is 2.73 bits per heavy atom. The highest BCUT2D eigenvalue weighted by atomic mass is 35.5. The molecule has 0 bridgehead atoms. The molecule has 8 heteroatoms. The molecule has 2 aliphatic rings. The van der Waals surface area contributed by atoms with Crippen molar-refractivity contribution in [2.24, 2.45) is 7.05 Å². The van der Waals surface area contributed by atoms with Gasteiger partial charge in [0.1, 0.15) is 5.15 Å². The molecule has 0 saturated carbocycles. The second-order valence-corrected chi connectivity index (χ2v) is 6.17. The number of amides is 3. The monoisotopic (exact) mass is 325 g/mol. The summed E-state index contributed by atoms with van der Waals surface area (Å²) in [4.78, 5) is 26.8. The Kier molecular flexibility index (Phi) is 4.10. The number of hydrogen-bond acceptors (Lipinski definition) is 4. The minimum absolute atomic E-state index is 0.107. The summed E-state index contributed by atoms with van der Waals surface area (Å²) < 4.78 is 1.69. The molecule has 2 aliphatic heterocycles. The van der Waals surface area contributed by atoms with Crippen LogP contribution in [0.2, 0.25) is 5.15 Å². The molecule has 3 rings (SSSR count). The van der Waals surface area contributed by atoms with Crippen LogP contribution in [0.5, 0.6) is 0 Å². The van der Waals surface area contributed by atoms with Gasteiger partial charge in [0.05, 0.1) is 12.2 Å². The van der Waals surface area contributed by atoms with Crippen molar-refractivity contribution >= 4 is 23.5 Å². The molecule has 0 radical (unpaired) electrons. The first-order chi connectivity index (χ1) is 10.5. The van der Waals surface area contributed by atoms with E-state index in [9.17, 15) is 9.59 Å². The van der Waals surface area contributed by atoms with Crippen molar-refractivity contribution in [3.05, 3.63) is 16.4 Å². The second kappa shape index (κ2) is 5.89. The van der Waals surface area contributed by atoms with E-state index in [2.05, 4.69) is 15.3 Å². The Labute approximate surface area is 134 Å². The summed E-state index contributed by atoms with van der Waals surface area (Å²) in [6, 6.07) is -0.0849. The summed E-state index contributed by atoms with van der Waals surface area (Å²) in [5.74, 6) is -0.156. The number of carbonyl (C=O) groups excluding carboxylic acids is 2. The standard InChI is InChI=1S/C14H20ClN5O2/c1-9-12(13(15)18(2)17-9)10-4-3-5-19(10)6-7-20-11(21)8-16-14(20)22/h10H,3-8H2,1-2H3,(H,16,22). The van der Waals surface area contributed by atoms with Gasteiger partial charge in [-0.3, -0.25) is 19.3 Å². The van der Waals surface area contributed by atoms with E-state index in [0.29, 0.717) is 18.2 Å². The van der Waals surface area contributed by atoms with Crippen LogP contribution < -0.4 is 5.32 Å². The quantitative estimate of drug-likeness (QED) is 0.841. The van der Waals surface area contributed by atoms with Crippen molar-refractivity contribution in [1.82, 2.24) is 24.9 Å². The Morgan fingerprint density at radius 2 is 2.14 bits per heavy atom. The average Bonchev–Trinajstić information content (AvgIpc) is 3.11. The van der Waals surface area contributed by atoms with Gasteiger partial charge in [0.15, 0.2) is 0 Å². The maximum absolute atomic E-state index is 11.6. The number of halogens is 1. The van der Waals surface area contributed by atoms with Crippen LogP contribution in [0.1, 0.15) is 30.1 Å². The minimum atomic E-state index is -0.295. The normalized spacial score (nSPS) is 22.7. The lowest BCUT2D eigenvalue weighted by Crippen LogP contribution is -2.38. The van der Waals surface area contributed by atoms with Gasteiger partial charge in [-0.05, 0) is 26.3 Å². The molecular formula is C14H20ClN5O2. The molecule has 3 heterocycles. The number of urea groups is 1. The number of nitrogens with zero attached hydrogens (tertiary/aromatic N) is 4. The summed E-state index contributed by atoms with van der Waals surface area (Å²) in [5.41, 5.74) is 2.01. The first-order valence-electron chi connectivity index (χ1n) is 7.50. The molecule has 1 N–H and O–H groups in total. The lowest BCUT2D eigenvalue weighted by Gasteiger charge is -2.26. The molecule has 0 aliphatic carbocycles. The number of carbonyl (C=O) groups is 2. The largest absolute Gasteiger partial charge is 0.329 e. The van der Waals surface area contributed by atoms with Crippen LogP contribution in [0.3, 0.4) is 0 Å². The highest BCUT2D eigenvalue weighted by Crippen LogP contribution is 2.37. The molecule has 1 aromatic heterocycles. The SMILES string of the molecule is Cc1nn(C)c(Cl)c1C1CCCN1CCN1C(=O)CNC1=O. The average molecular weight is 326 g/mol. The minimum Gasteiger partial charge on any atom is -0.329 e. The van der Waals surface area contributed by atoms with E-state index in [-0.39, 0.29) is 24.5 Å². The topological polar surface area (TPSA) is 70.5 Å². The van der Waals surface area contributed by atoms with Crippen molar-refractivity contribution < 1.29 is 9.59 Å². The molecule has 7 nitrogen and oxygen atoms in total. The summed E-state index contributed by atoms with van der Waals surface area (Å²) in [7, 11) is 1.84. The molecule has 0 spiro atoms. The van der Waals surface area contributed by atoms with Crippen LogP contribution in [0, 0.1) is 6.92 Å². The Balaban J connectivity index is 1.71. The molecule has 2 saturated heterocycles. The maximum Gasteiger partial charge on any atom is 0.324 e. The van der Waals surface area contributed by atoms with Crippen molar-refractivity contribution in [3.63, 3.8) is 0 Å². The third-order valence-corrected chi connectivity index (χ3v) is 4.89. The van der Waals surface area contributed by atoms with Gasteiger partial charge in [-0.25, -0.2) is 4.79 Å². The number of rotatable bonds is 4. The highest BCUT2D eigenvalue weighted by molar-refractivity contribution is 6.30. The Morgan fingerprint density at radius 1 is 1.36 bits per heavy atom. The Hall–Kier alpha value is -1.60. The fourth-order valence-corrected chi connectivity index (χ4v) is 3.66. The summed E-state index contributed by atoms with van der Waals surface area (Å²) in [5, 5.41) is 7.60. The third kappa shape index (κ3) is 2.59. The van der Waals surface area contributed by atoms with E-state index in [0.717, 1.165) is 30.6 Å². The number of imide groups is 1. The first-order valence-corrected chi connectivity index (χ1v) is 7.88. The maximum atomic E-state index is 11.6.